The van der Waals surface area contributed by atoms with E-state index in [1.165, 1.54) is 0 Å². The SMILES string of the molecule is CCN(C(=O)NC1CC1)c1cc(O)ccc1C. The molecule has 1 saturated carbocycles. The van der Waals surface area contributed by atoms with Crippen LogP contribution >= 0.6 is 0 Å². The van der Waals surface area contributed by atoms with Gasteiger partial charge >= 0.3 is 6.03 Å². The molecule has 4 nitrogen and oxygen atoms in total. The Kier molecular flexibility index (Phi) is 3.22. The highest BCUT2D eigenvalue weighted by molar-refractivity contribution is 5.93. The predicted octanol–water partition coefficient (Wildman–Crippen LogP) is 2.40. The number of nitrogens with one attached hydrogen (secondary N) is 1. The van der Waals surface area contributed by atoms with E-state index in [-0.39, 0.29) is 11.8 Å². The average molecular weight is 234 g/mol. The van der Waals surface area contributed by atoms with E-state index in [2.05, 4.69) is 5.32 Å². The number of aryl methyl sites for hydroxylation is 1. The zero-order chi connectivity index (χ0) is 12.4. The number of anilines is 1. The third-order valence-electron chi connectivity index (χ3n) is 2.95. The Hall–Kier alpha value is -1.71. The lowest BCUT2D eigenvalue weighted by Gasteiger charge is -2.23. The number of nitrogens with zero attached hydrogens (tertiary/aromatic N) is 1. The summed E-state index contributed by atoms with van der Waals surface area (Å²) in [6, 6.07) is 5.34. The molecule has 2 N–H and O–H groups in total. The standard InChI is InChI=1S/C13H18N2O2/c1-3-15(13(17)14-10-5-6-10)12-8-11(16)7-4-9(12)2/h4,7-8,10,16H,3,5-6H2,1-2H3,(H,14,17). The summed E-state index contributed by atoms with van der Waals surface area (Å²) in [5, 5.41) is 12.5. The van der Waals surface area contributed by atoms with E-state index in [0.29, 0.717) is 12.6 Å². The summed E-state index contributed by atoms with van der Waals surface area (Å²) in [4.78, 5) is 13.7. The summed E-state index contributed by atoms with van der Waals surface area (Å²) in [5.41, 5.74) is 1.75. The number of phenols is 1. The molecule has 92 valence electrons. The second-order valence-corrected chi connectivity index (χ2v) is 4.44. The highest BCUT2D eigenvalue weighted by atomic mass is 16.3. The normalized spacial score (nSPS) is 14.5. The van der Waals surface area contributed by atoms with Crippen molar-refractivity contribution in [1.29, 1.82) is 0 Å². The molecule has 1 fully saturated rings. The molecule has 0 atom stereocenters. The summed E-state index contributed by atoms with van der Waals surface area (Å²) in [6.45, 7) is 4.45. The number of hydrogen-bond donors (Lipinski definition) is 2. The van der Waals surface area contributed by atoms with Crippen molar-refractivity contribution in [2.45, 2.75) is 32.7 Å². The summed E-state index contributed by atoms with van der Waals surface area (Å²) >= 11 is 0. The van der Waals surface area contributed by atoms with Crippen molar-refractivity contribution in [1.82, 2.24) is 5.32 Å². The van der Waals surface area contributed by atoms with Crippen LogP contribution in [0.1, 0.15) is 25.3 Å². The molecule has 1 aliphatic carbocycles. The molecule has 4 heteroatoms. The van der Waals surface area contributed by atoms with E-state index in [0.717, 1.165) is 24.1 Å². The van der Waals surface area contributed by atoms with Crippen molar-refractivity contribution in [2.24, 2.45) is 0 Å². The third kappa shape index (κ3) is 2.70. The van der Waals surface area contributed by atoms with Crippen molar-refractivity contribution in [3.05, 3.63) is 23.8 Å². The largest absolute Gasteiger partial charge is 0.508 e. The van der Waals surface area contributed by atoms with E-state index >= 15 is 0 Å². The monoisotopic (exact) mass is 234 g/mol. The first-order valence-electron chi connectivity index (χ1n) is 5.99. The Morgan fingerprint density at radius 3 is 2.82 bits per heavy atom. The summed E-state index contributed by atoms with van der Waals surface area (Å²) < 4.78 is 0. The molecular formula is C13H18N2O2. The third-order valence-corrected chi connectivity index (χ3v) is 2.95. The molecule has 0 aromatic heterocycles. The number of carbonyl (C=O) groups is 1. The maximum Gasteiger partial charge on any atom is 0.322 e. The molecule has 0 spiro atoms. The lowest BCUT2D eigenvalue weighted by molar-refractivity contribution is 0.246. The van der Waals surface area contributed by atoms with Crippen LogP contribution in [0.3, 0.4) is 0 Å². The first kappa shape index (κ1) is 11.8. The van der Waals surface area contributed by atoms with Crippen molar-refractivity contribution in [2.75, 3.05) is 11.4 Å². The van der Waals surface area contributed by atoms with Crippen molar-refractivity contribution in [3.8, 4) is 5.75 Å². The highest BCUT2D eigenvalue weighted by Gasteiger charge is 2.26. The van der Waals surface area contributed by atoms with Crippen LogP contribution in [0.25, 0.3) is 0 Å². The number of benzene rings is 1. The van der Waals surface area contributed by atoms with Crippen LogP contribution in [0.2, 0.25) is 0 Å². The minimum absolute atomic E-state index is 0.0799. The summed E-state index contributed by atoms with van der Waals surface area (Å²) in [6.07, 6.45) is 2.14. The van der Waals surface area contributed by atoms with Gasteiger partial charge in [0.15, 0.2) is 0 Å². The van der Waals surface area contributed by atoms with Crippen LogP contribution in [0.15, 0.2) is 18.2 Å². The molecule has 1 aromatic carbocycles. The van der Waals surface area contributed by atoms with Crippen molar-refractivity contribution in [3.63, 3.8) is 0 Å². The van der Waals surface area contributed by atoms with Gasteiger partial charge in [-0.05, 0) is 38.3 Å². The van der Waals surface area contributed by atoms with Gasteiger partial charge in [-0.15, -0.1) is 0 Å². The summed E-state index contributed by atoms with van der Waals surface area (Å²) in [5.74, 6) is 0.184. The van der Waals surface area contributed by atoms with Gasteiger partial charge in [-0.3, -0.25) is 4.90 Å². The second-order valence-electron chi connectivity index (χ2n) is 4.44. The van der Waals surface area contributed by atoms with Crippen LogP contribution in [-0.2, 0) is 0 Å². The molecule has 2 amide bonds. The molecule has 0 saturated heterocycles. The van der Waals surface area contributed by atoms with Crippen LogP contribution in [0, 0.1) is 6.92 Å². The van der Waals surface area contributed by atoms with E-state index in [1.807, 2.05) is 19.9 Å². The molecule has 0 aliphatic heterocycles. The number of hydrogen-bond acceptors (Lipinski definition) is 2. The highest BCUT2D eigenvalue weighted by Crippen LogP contribution is 2.26. The predicted molar refractivity (Wildman–Crippen MR) is 67.4 cm³/mol. The molecule has 0 radical (unpaired) electrons. The molecule has 2 rings (SSSR count). The molecule has 17 heavy (non-hydrogen) atoms. The van der Waals surface area contributed by atoms with Gasteiger partial charge in [0.2, 0.25) is 0 Å². The number of rotatable bonds is 3. The minimum Gasteiger partial charge on any atom is -0.508 e. The van der Waals surface area contributed by atoms with Crippen LogP contribution in [-0.4, -0.2) is 23.7 Å². The van der Waals surface area contributed by atoms with E-state index in [4.69, 9.17) is 0 Å². The molecule has 1 aromatic rings. The molecule has 0 bridgehead atoms. The van der Waals surface area contributed by atoms with Gasteiger partial charge < -0.3 is 10.4 Å². The van der Waals surface area contributed by atoms with Gasteiger partial charge in [-0.1, -0.05) is 6.07 Å². The van der Waals surface area contributed by atoms with Crippen LogP contribution < -0.4 is 10.2 Å². The van der Waals surface area contributed by atoms with Gasteiger partial charge in [-0.2, -0.15) is 0 Å². The van der Waals surface area contributed by atoms with Gasteiger partial charge in [-0.25, -0.2) is 4.79 Å². The van der Waals surface area contributed by atoms with Gasteiger partial charge in [0, 0.05) is 18.7 Å². The maximum absolute atomic E-state index is 12.0. The van der Waals surface area contributed by atoms with E-state index < -0.39 is 0 Å². The summed E-state index contributed by atoms with van der Waals surface area (Å²) in [7, 11) is 0. The van der Waals surface area contributed by atoms with Crippen LogP contribution in [0.5, 0.6) is 5.75 Å². The van der Waals surface area contributed by atoms with Crippen molar-refractivity contribution < 1.29 is 9.90 Å². The lowest BCUT2D eigenvalue weighted by Crippen LogP contribution is -2.41. The Morgan fingerprint density at radius 2 is 2.24 bits per heavy atom. The number of amides is 2. The number of phenolic OH excluding ortho intramolecular Hbond substituents is 1. The second kappa shape index (κ2) is 4.65. The Labute approximate surface area is 101 Å². The van der Waals surface area contributed by atoms with E-state index in [1.54, 1.807) is 17.0 Å². The van der Waals surface area contributed by atoms with E-state index in [9.17, 15) is 9.90 Å². The van der Waals surface area contributed by atoms with Gasteiger partial charge in [0.1, 0.15) is 5.75 Å². The van der Waals surface area contributed by atoms with Crippen molar-refractivity contribution >= 4 is 11.7 Å². The molecule has 0 heterocycles. The molecule has 0 unspecified atom stereocenters. The minimum atomic E-state index is -0.0799. The first-order chi connectivity index (χ1) is 8.11. The topological polar surface area (TPSA) is 52.6 Å². The Balaban J connectivity index is 2.20. The zero-order valence-electron chi connectivity index (χ0n) is 10.2. The van der Waals surface area contributed by atoms with Crippen LogP contribution in [0.4, 0.5) is 10.5 Å². The number of carbonyl (C=O) groups excluding carboxylic acids is 1. The fourth-order valence-electron chi connectivity index (χ4n) is 1.79. The van der Waals surface area contributed by atoms with Gasteiger partial charge in [0.25, 0.3) is 0 Å². The number of urea groups is 1. The Morgan fingerprint density at radius 1 is 1.53 bits per heavy atom. The zero-order valence-corrected chi connectivity index (χ0v) is 10.2. The maximum atomic E-state index is 12.0. The number of aromatic hydroxyl groups is 1. The quantitative estimate of drug-likeness (QED) is 0.843. The fourth-order valence-corrected chi connectivity index (χ4v) is 1.79. The Bertz CT molecular complexity index is 427. The fraction of sp³-hybridized carbons (Fsp3) is 0.462. The lowest BCUT2D eigenvalue weighted by atomic mass is 10.1. The molecular weight excluding hydrogens is 216 g/mol. The molecule has 1 aliphatic rings. The van der Waals surface area contributed by atoms with Gasteiger partial charge in [0.05, 0.1) is 5.69 Å². The smallest absolute Gasteiger partial charge is 0.322 e. The average Bonchev–Trinajstić information content (AvgIpc) is 3.08. The first-order valence-corrected chi connectivity index (χ1v) is 5.99.